The molecular formula is C17H22N2. The summed E-state index contributed by atoms with van der Waals surface area (Å²) in [7, 11) is 0. The predicted molar refractivity (Wildman–Crippen MR) is 81.3 cm³/mol. The Kier molecular flexibility index (Phi) is 2.60. The van der Waals surface area contributed by atoms with Gasteiger partial charge in [-0.1, -0.05) is 45.9 Å². The number of pyridine rings is 1. The van der Waals surface area contributed by atoms with E-state index in [2.05, 4.69) is 62.3 Å². The van der Waals surface area contributed by atoms with Crippen molar-refractivity contribution in [2.45, 2.75) is 27.7 Å². The van der Waals surface area contributed by atoms with Crippen molar-refractivity contribution in [3.05, 3.63) is 36.5 Å². The highest BCUT2D eigenvalue weighted by atomic mass is 14.9. The summed E-state index contributed by atoms with van der Waals surface area (Å²) in [5, 5.41) is 4.83. The molecular weight excluding hydrogens is 232 g/mol. The predicted octanol–water partition coefficient (Wildman–Crippen LogP) is 4.33. The maximum atomic E-state index is 4.40. The number of nitrogens with zero attached hydrogens (tertiary/aromatic N) is 1. The number of anilines is 1. The summed E-state index contributed by atoms with van der Waals surface area (Å²) in [5.74, 6) is 0.729. The van der Waals surface area contributed by atoms with Crippen LogP contribution in [0, 0.1) is 16.7 Å². The van der Waals surface area contributed by atoms with E-state index in [0.29, 0.717) is 10.8 Å². The lowest BCUT2D eigenvalue weighted by Gasteiger charge is -2.10. The van der Waals surface area contributed by atoms with Gasteiger partial charge in [-0.15, -0.1) is 0 Å². The van der Waals surface area contributed by atoms with Crippen molar-refractivity contribution in [1.82, 2.24) is 4.98 Å². The first-order valence-corrected chi connectivity index (χ1v) is 7.02. The van der Waals surface area contributed by atoms with Crippen LogP contribution in [0.15, 0.2) is 36.5 Å². The first-order valence-electron chi connectivity index (χ1n) is 7.02. The Morgan fingerprint density at radius 1 is 1.05 bits per heavy atom. The van der Waals surface area contributed by atoms with E-state index in [1.807, 2.05) is 12.3 Å². The number of hydrogen-bond donors (Lipinski definition) is 1. The van der Waals surface area contributed by atoms with Gasteiger partial charge in [0, 0.05) is 23.8 Å². The number of nitrogens with one attached hydrogen (secondary N) is 1. The van der Waals surface area contributed by atoms with Crippen LogP contribution in [0.4, 0.5) is 5.69 Å². The molecule has 19 heavy (non-hydrogen) atoms. The molecule has 100 valence electrons. The van der Waals surface area contributed by atoms with Crippen molar-refractivity contribution in [2.75, 3.05) is 11.9 Å². The number of hydrogen-bond acceptors (Lipinski definition) is 2. The van der Waals surface area contributed by atoms with Crippen molar-refractivity contribution in [1.29, 1.82) is 0 Å². The first kappa shape index (κ1) is 12.5. The summed E-state index contributed by atoms with van der Waals surface area (Å²) < 4.78 is 0. The van der Waals surface area contributed by atoms with Crippen LogP contribution in [-0.2, 0) is 0 Å². The lowest BCUT2D eigenvalue weighted by atomic mass is 10.0. The van der Waals surface area contributed by atoms with Crippen molar-refractivity contribution in [3.8, 4) is 0 Å². The summed E-state index contributed by atoms with van der Waals surface area (Å²) in [6.07, 6.45) is 1.88. The minimum absolute atomic E-state index is 0.433. The number of aromatic nitrogens is 1. The fraction of sp³-hybridized carbons (Fsp3) is 0.471. The normalized spacial score (nSPS) is 20.4. The zero-order chi connectivity index (χ0) is 13.7. The quantitative estimate of drug-likeness (QED) is 0.882. The number of fused-ring (bicyclic) bond motifs is 1. The third kappa shape index (κ3) is 1.81. The largest absolute Gasteiger partial charge is 0.384 e. The lowest BCUT2D eigenvalue weighted by molar-refractivity contribution is 0.457. The monoisotopic (exact) mass is 254 g/mol. The van der Waals surface area contributed by atoms with E-state index < -0.39 is 0 Å². The van der Waals surface area contributed by atoms with Gasteiger partial charge in [0.15, 0.2) is 0 Å². The molecule has 0 saturated heterocycles. The second-order valence-electron chi connectivity index (χ2n) is 6.75. The zero-order valence-electron chi connectivity index (χ0n) is 12.2. The molecule has 2 aromatic rings. The van der Waals surface area contributed by atoms with Crippen LogP contribution in [0.5, 0.6) is 0 Å². The third-order valence-electron chi connectivity index (χ3n) is 5.47. The Morgan fingerprint density at radius 3 is 2.42 bits per heavy atom. The van der Waals surface area contributed by atoms with Crippen molar-refractivity contribution in [3.63, 3.8) is 0 Å². The summed E-state index contributed by atoms with van der Waals surface area (Å²) in [5.41, 5.74) is 3.12. The molecule has 1 fully saturated rings. The van der Waals surface area contributed by atoms with Crippen LogP contribution in [0.1, 0.15) is 27.7 Å². The van der Waals surface area contributed by atoms with Crippen LogP contribution >= 0.6 is 0 Å². The zero-order valence-corrected chi connectivity index (χ0v) is 12.2. The molecule has 1 aliphatic rings. The molecule has 1 aliphatic carbocycles. The molecule has 2 heteroatoms. The fourth-order valence-electron chi connectivity index (χ4n) is 3.31. The number of para-hydroxylation sites is 1. The van der Waals surface area contributed by atoms with Crippen LogP contribution in [0.25, 0.3) is 10.9 Å². The van der Waals surface area contributed by atoms with Crippen LogP contribution in [-0.4, -0.2) is 11.5 Å². The smallest absolute Gasteiger partial charge is 0.0722 e. The molecule has 0 unspecified atom stereocenters. The van der Waals surface area contributed by atoms with E-state index in [1.165, 1.54) is 11.1 Å². The van der Waals surface area contributed by atoms with E-state index in [-0.39, 0.29) is 0 Å². The van der Waals surface area contributed by atoms with Gasteiger partial charge in [-0.3, -0.25) is 4.98 Å². The molecule has 0 radical (unpaired) electrons. The highest BCUT2D eigenvalue weighted by molar-refractivity contribution is 5.90. The topological polar surface area (TPSA) is 24.9 Å². The molecule has 0 amide bonds. The highest BCUT2D eigenvalue weighted by Gasteiger charge is 2.63. The van der Waals surface area contributed by atoms with Gasteiger partial charge in [-0.05, 0) is 28.9 Å². The standard InChI is InChI=1S/C17H22N2/c1-16(2)15(17(16,3)4)11-19-14-9-10-18-13-8-6-5-7-12(13)14/h5-10,15H,11H2,1-4H3,(H,18,19). The van der Waals surface area contributed by atoms with Crippen LogP contribution < -0.4 is 5.32 Å². The Labute approximate surface area is 115 Å². The van der Waals surface area contributed by atoms with E-state index >= 15 is 0 Å². The van der Waals surface area contributed by atoms with Gasteiger partial charge >= 0.3 is 0 Å². The van der Waals surface area contributed by atoms with Gasteiger partial charge in [0.1, 0.15) is 0 Å². The van der Waals surface area contributed by atoms with Crippen LogP contribution in [0.3, 0.4) is 0 Å². The average molecular weight is 254 g/mol. The Balaban J connectivity index is 1.81. The highest BCUT2D eigenvalue weighted by Crippen LogP contribution is 2.68. The molecule has 0 bridgehead atoms. The van der Waals surface area contributed by atoms with E-state index in [4.69, 9.17) is 0 Å². The SMILES string of the molecule is CC1(C)C(CNc2ccnc3ccccc23)C1(C)C. The van der Waals surface area contributed by atoms with Crippen LogP contribution in [0.2, 0.25) is 0 Å². The molecule has 1 N–H and O–H groups in total. The molecule has 1 aromatic heterocycles. The van der Waals surface area contributed by atoms with E-state index in [9.17, 15) is 0 Å². The third-order valence-corrected chi connectivity index (χ3v) is 5.47. The Morgan fingerprint density at radius 2 is 1.74 bits per heavy atom. The average Bonchev–Trinajstić information content (AvgIpc) is 2.77. The molecule has 0 atom stereocenters. The second kappa shape index (κ2) is 3.96. The van der Waals surface area contributed by atoms with Gasteiger partial charge < -0.3 is 5.32 Å². The molecule has 1 aromatic carbocycles. The molecule has 3 rings (SSSR count). The summed E-state index contributed by atoms with van der Waals surface area (Å²) in [6.45, 7) is 10.5. The minimum atomic E-state index is 0.433. The Hall–Kier alpha value is -1.57. The number of rotatable bonds is 3. The number of benzene rings is 1. The van der Waals surface area contributed by atoms with Crippen molar-refractivity contribution < 1.29 is 0 Å². The van der Waals surface area contributed by atoms with Gasteiger partial charge in [0.05, 0.1) is 5.52 Å². The van der Waals surface area contributed by atoms with Crippen molar-refractivity contribution in [2.24, 2.45) is 16.7 Å². The minimum Gasteiger partial charge on any atom is -0.384 e. The molecule has 2 nitrogen and oxygen atoms in total. The van der Waals surface area contributed by atoms with E-state index in [0.717, 1.165) is 18.0 Å². The van der Waals surface area contributed by atoms with Gasteiger partial charge in [0.2, 0.25) is 0 Å². The maximum Gasteiger partial charge on any atom is 0.0722 e. The summed E-state index contributed by atoms with van der Waals surface area (Å²) in [4.78, 5) is 4.40. The molecule has 1 heterocycles. The van der Waals surface area contributed by atoms with E-state index in [1.54, 1.807) is 0 Å². The maximum absolute atomic E-state index is 4.40. The van der Waals surface area contributed by atoms with Gasteiger partial charge in [-0.2, -0.15) is 0 Å². The second-order valence-corrected chi connectivity index (χ2v) is 6.75. The molecule has 1 saturated carbocycles. The fourth-order valence-corrected chi connectivity index (χ4v) is 3.31. The first-order chi connectivity index (χ1) is 8.94. The van der Waals surface area contributed by atoms with Crippen molar-refractivity contribution >= 4 is 16.6 Å². The summed E-state index contributed by atoms with van der Waals surface area (Å²) >= 11 is 0. The van der Waals surface area contributed by atoms with Gasteiger partial charge in [-0.25, -0.2) is 0 Å². The molecule has 0 spiro atoms. The lowest BCUT2D eigenvalue weighted by Crippen LogP contribution is -2.08. The Bertz CT molecular complexity index is 594. The summed E-state index contributed by atoms with van der Waals surface area (Å²) in [6, 6.07) is 10.4. The van der Waals surface area contributed by atoms with Gasteiger partial charge in [0.25, 0.3) is 0 Å². The molecule has 0 aliphatic heterocycles.